The molecule has 0 aromatic carbocycles. The highest BCUT2D eigenvalue weighted by atomic mass is 16.2. The van der Waals surface area contributed by atoms with Crippen molar-refractivity contribution < 1.29 is 4.79 Å². The highest BCUT2D eigenvalue weighted by Gasteiger charge is 2.09. The predicted molar refractivity (Wildman–Crippen MR) is 45.1 cm³/mol. The molecule has 0 aliphatic heterocycles. The fourth-order valence-electron chi connectivity index (χ4n) is 1.07. The summed E-state index contributed by atoms with van der Waals surface area (Å²) in [4.78, 5) is 12.5. The van der Waals surface area contributed by atoms with E-state index in [-0.39, 0.29) is 6.17 Å². The molecular formula is C7H17N3O. The molecule has 4 nitrogen and oxygen atoms in total. The second-order valence-corrected chi connectivity index (χ2v) is 2.41. The Labute approximate surface area is 67.7 Å². The van der Waals surface area contributed by atoms with Gasteiger partial charge in [0.25, 0.3) is 0 Å². The van der Waals surface area contributed by atoms with Crippen LogP contribution in [0.2, 0.25) is 0 Å². The van der Waals surface area contributed by atoms with Gasteiger partial charge in [-0.2, -0.15) is 0 Å². The van der Waals surface area contributed by atoms with Crippen molar-refractivity contribution in [3.63, 3.8) is 0 Å². The Morgan fingerprint density at radius 1 is 1.55 bits per heavy atom. The third kappa shape index (κ3) is 3.83. The van der Waals surface area contributed by atoms with Crippen molar-refractivity contribution in [1.82, 2.24) is 10.2 Å². The lowest BCUT2D eigenvalue weighted by molar-refractivity contribution is 0.192. The van der Waals surface area contributed by atoms with Crippen LogP contribution in [0.25, 0.3) is 0 Å². The van der Waals surface area contributed by atoms with Crippen LogP contribution >= 0.6 is 0 Å². The second kappa shape index (κ2) is 4.96. The number of nitrogens with zero attached hydrogens (tertiary/aromatic N) is 1. The van der Waals surface area contributed by atoms with E-state index in [1.165, 1.54) is 0 Å². The van der Waals surface area contributed by atoms with Gasteiger partial charge in [0.15, 0.2) is 0 Å². The molecule has 11 heavy (non-hydrogen) atoms. The van der Waals surface area contributed by atoms with E-state index in [1.54, 1.807) is 0 Å². The summed E-state index contributed by atoms with van der Waals surface area (Å²) in [6, 6.07) is -0.468. The van der Waals surface area contributed by atoms with Crippen LogP contribution in [0.4, 0.5) is 4.79 Å². The van der Waals surface area contributed by atoms with Crippen LogP contribution in [0.1, 0.15) is 20.8 Å². The average molecular weight is 159 g/mol. The highest BCUT2D eigenvalue weighted by Crippen LogP contribution is 1.92. The number of carbonyl (C=O) groups excluding carboxylic acids is 1. The SMILES string of the molecule is CCN(CC)C(C)NC(N)=O. The van der Waals surface area contributed by atoms with E-state index in [0.717, 1.165) is 13.1 Å². The number of nitrogens with two attached hydrogens (primary N) is 1. The van der Waals surface area contributed by atoms with Gasteiger partial charge in [0.2, 0.25) is 0 Å². The van der Waals surface area contributed by atoms with E-state index in [9.17, 15) is 4.79 Å². The number of rotatable bonds is 4. The van der Waals surface area contributed by atoms with Crippen LogP contribution in [-0.4, -0.2) is 30.2 Å². The van der Waals surface area contributed by atoms with Crippen molar-refractivity contribution in [3.8, 4) is 0 Å². The van der Waals surface area contributed by atoms with Crippen LogP contribution in [-0.2, 0) is 0 Å². The molecule has 0 spiro atoms. The van der Waals surface area contributed by atoms with Crippen LogP contribution < -0.4 is 11.1 Å². The Balaban J connectivity index is 3.78. The molecule has 2 amide bonds. The smallest absolute Gasteiger partial charge is 0.313 e. The number of nitrogens with one attached hydrogen (secondary N) is 1. The van der Waals surface area contributed by atoms with E-state index < -0.39 is 6.03 Å². The third-order valence-electron chi connectivity index (χ3n) is 1.71. The summed E-state index contributed by atoms with van der Waals surface area (Å²) < 4.78 is 0. The summed E-state index contributed by atoms with van der Waals surface area (Å²) in [6.45, 7) is 7.83. The molecule has 3 N–H and O–H groups in total. The Morgan fingerprint density at radius 3 is 2.27 bits per heavy atom. The van der Waals surface area contributed by atoms with E-state index in [2.05, 4.69) is 10.2 Å². The quantitative estimate of drug-likeness (QED) is 0.581. The third-order valence-corrected chi connectivity index (χ3v) is 1.71. The zero-order valence-corrected chi connectivity index (χ0v) is 7.42. The molecule has 0 saturated heterocycles. The molecule has 0 rings (SSSR count). The first-order chi connectivity index (χ1) is 5.11. The molecule has 0 aliphatic carbocycles. The topological polar surface area (TPSA) is 58.4 Å². The molecule has 0 heterocycles. The van der Waals surface area contributed by atoms with Gasteiger partial charge >= 0.3 is 6.03 Å². The predicted octanol–water partition coefficient (Wildman–Crippen LogP) is 0.342. The number of amides is 2. The lowest BCUT2D eigenvalue weighted by Gasteiger charge is -2.26. The zero-order valence-electron chi connectivity index (χ0n) is 7.42. The van der Waals surface area contributed by atoms with Crippen LogP contribution in [0.3, 0.4) is 0 Å². The van der Waals surface area contributed by atoms with E-state index in [0.29, 0.717) is 0 Å². The molecule has 66 valence electrons. The molecule has 0 aliphatic rings. The Morgan fingerprint density at radius 2 is 2.00 bits per heavy atom. The normalized spacial score (nSPS) is 13.1. The fraction of sp³-hybridized carbons (Fsp3) is 0.857. The Hall–Kier alpha value is -0.770. The average Bonchev–Trinajstić information content (AvgIpc) is 1.88. The fourth-order valence-corrected chi connectivity index (χ4v) is 1.07. The minimum Gasteiger partial charge on any atom is -0.352 e. The summed E-state index contributed by atoms with van der Waals surface area (Å²) in [7, 11) is 0. The lowest BCUT2D eigenvalue weighted by Crippen LogP contribution is -2.47. The van der Waals surface area contributed by atoms with Gasteiger partial charge in [0.05, 0.1) is 6.17 Å². The molecule has 0 aromatic heterocycles. The van der Waals surface area contributed by atoms with Crippen molar-refractivity contribution in [2.75, 3.05) is 13.1 Å². The molecule has 0 saturated carbocycles. The summed E-state index contributed by atoms with van der Waals surface area (Å²) in [5.74, 6) is 0. The summed E-state index contributed by atoms with van der Waals surface area (Å²) in [6.07, 6.45) is 0.0301. The van der Waals surface area contributed by atoms with Crippen LogP contribution in [0.5, 0.6) is 0 Å². The molecule has 1 unspecified atom stereocenters. The van der Waals surface area contributed by atoms with Crippen molar-refractivity contribution in [3.05, 3.63) is 0 Å². The van der Waals surface area contributed by atoms with Gasteiger partial charge in [0, 0.05) is 0 Å². The Bertz CT molecular complexity index is 123. The van der Waals surface area contributed by atoms with Gasteiger partial charge in [-0.25, -0.2) is 4.79 Å². The molecule has 0 radical (unpaired) electrons. The molecule has 1 atom stereocenters. The van der Waals surface area contributed by atoms with Gasteiger partial charge in [-0.1, -0.05) is 13.8 Å². The first-order valence-corrected chi connectivity index (χ1v) is 3.91. The van der Waals surface area contributed by atoms with E-state index in [4.69, 9.17) is 5.73 Å². The maximum Gasteiger partial charge on any atom is 0.313 e. The number of urea groups is 1. The second-order valence-electron chi connectivity index (χ2n) is 2.41. The maximum atomic E-state index is 10.4. The zero-order chi connectivity index (χ0) is 8.85. The molecule has 4 heteroatoms. The first-order valence-electron chi connectivity index (χ1n) is 3.91. The molecule has 0 aromatic rings. The van der Waals surface area contributed by atoms with Gasteiger partial charge in [-0.05, 0) is 20.0 Å². The lowest BCUT2D eigenvalue weighted by atomic mass is 10.4. The summed E-state index contributed by atoms with van der Waals surface area (Å²) in [5, 5.41) is 2.61. The van der Waals surface area contributed by atoms with Crippen molar-refractivity contribution in [1.29, 1.82) is 0 Å². The largest absolute Gasteiger partial charge is 0.352 e. The van der Waals surface area contributed by atoms with Crippen molar-refractivity contribution in [2.45, 2.75) is 26.9 Å². The standard InChI is InChI=1S/C7H17N3O/c1-4-10(5-2)6(3)9-7(8)11/h6H,4-5H2,1-3H3,(H3,8,9,11). The summed E-state index contributed by atoms with van der Waals surface area (Å²) in [5.41, 5.74) is 4.96. The summed E-state index contributed by atoms with van der Waals surface area (Å²) >= 11 is 0. The van der Waals surface area contributed by atoms with E-state index >= 15 is 0 Å². The minimum atomic E-state index is -0.468. The Kier molecular flexibility index (Phi) is 4.61. The van der Waals surface area contributed by atoms with Gasteiger partial charge in [-0.3, -0.25) is 4.90 Å². The van der Waals surface area contributed by atoms with Crippen LogP contribution in [0.15, 0.2) is 0 Å². The monoisotopic (exact) mass is 159 g/mol. The highest BCUT2D eigenvalue weighted by molar-refractivity contribution is 5.71. The van der Waals surface area contributed by atoms with Gasteiger partial charge in [0.1, 0.15) is 0 Å². The minimum absolute atomic E-state index is 0.0301. The number of hydrogen-bond acceptors (Lipinski definition) is 2. The van der Waals surface area contributed by atoms with E-state index in [1.807, 2.05) is 20.8 Å². The first kappa shape index (κ1) is 10.2. The number of hydrogen-bond donors (Lipinski definition) is 2. The molecular weight excluding hydrogens is 142 g/mol. The maximum absolute atomic E-state index is 10.4. The van der Waals surface area contributed by atoms with Gasteiger partial charge < -0.3 is 11.1 Å². The van der Waals surface area contributed by atoms with Crippen molar-refractivity contribution >= 4 is 6.03 Å². The number of carbonyl (C=O) groups is 1. The molecule has 0 bridgehead atoms. The van der Waals surface area contributed by atoms with Crippen LogP contribution in [0, 0.1) is 0 Å². The van der Waals surface area contributed by atoms with Gasteiger partial charge in [-0.15, -0.1) is 0 Å². The number of primary amides is 1. The van der Waals surface area contributed by atoms with Crippen molar-refractivity contribution in [2.24, 2.45) is 5.73 Å². The molecule has 0 fully saturated rings.